The minimum absolute atomic E-state index is 0.00216. The van der Waals surface area contributed by atoms with E-state index in [1.807, 2.05) is 0 Å². The molecule has 0 aromatic heterocycles. The summed E-state index contributed by atoms with van der Waals surface area (Å²) in [4.78, 5) is 31.7. The van der Waals surface area contributed by atoms with E-state index in [1.165, 1.54) is 0 Å². The number of hydrogen-bond acceptors (Lipinski definition) is 6. The molecule has 9 nitrogen and oxygen atoms in total. The van der Waals surface area contributed by atoms with Crippen molar-refractivity contribution >= 4 is 23.0 Å². The maximum Gasteiger partial charge on any atom is 0.416 e. The van der Waals surface area contributed by atoms with Crippen LogP contribution in [0.5, 0.6) is 0 Å². The molecule has 0 spiro atoms. The number of nitro benzene ring substituents is 2. The Labute approximate surface area is 142 Å². The molecule has 2 N–H and O–H groups in total. The first-order valence-electron chi connectivity index (χ1n) is 6.76. The van der Waals surface area contributed by atoms with Gasteiger partial charge in [-0.25, -0.2) is 0 Å². The van der Waals surface area contributed by atoms with E-state index in [0.29, 0.717) is 12.1 Å². The van der Waals surface area contributed by atoms with Gasteiger partial charge in [-0.3, -0.25) is 35.9 Å². The van der Waals surface area contributed by atoms with Crippen molar-refractivity contribution in [3.63, 3.8) is 0 Å². The second-order valence-electron chi connectivity index (χ2n) is 4.87. The normalized spacial score (nSPS) is 10.9. The van der Waals surface area contributed by atoms with Crippen LogP contribution in [0.4, 0.5) is 30.2 Å². The number of anilines is 1. The van der Waals surface area contributed by atoms with Gasteiger partial charge in [0.1, 0.15) is 5.69 Å². The molecule has 0 fully saturated rings. The average Bonchev–Trinajstić information content (AvgIpc) is 2.58. The van der Waals surface area contributed by atoms with Crippen LogP contribution >= 0.6 is 0 Å². The van der Waals surface area contributed by atoms with E-state index in [-0.39, 0.29) is 16.9 Å². The summed E-state index contributed by atoms with van der Waals surface area (Å²) >= 11 is 0. The standard InChI is InChI=1S/C14H9F3N4O5/c15-14(16,17)9-3-6-11(12(7-9)21(25)26)18-19-13(22)8-1-4-10(5-2-8)20(23)24/h1-7,18H,(H,19,22). The number of nitro groups is 2. The second kappa shape index (κ2) is 7.04. The molecular weight excluding hydrogens is 361 g/mol. The highest BCUT2D eigenvalue weighted by atomic mass is 19.4. The molecule has 0 aliphatic carbocycles. The van der Waals surface area contributed by atoms with Crippen molar-refractivity contribution in [2.75, 3.05) is 5.43 Å². The zero-order valence-corrected chi connectivity index (χ0v) is 12.6. The van der Waals surface area contributed by atoms with E-state index in [0.717, 1.165) is 30.3 Å². The van der Waals surface area contributed by atoms with E-state index < -0.39 is 33.2 Å². The molecule has 136 valence electrons. The molecular formula is C14H9F3N4O5. The zero-order chi connectivity index (χ0) is 19.5. The molecule has 0 saturated carbocycles. The maximum atomic E-state index is 12.6. The van der Waals surface area contributed by atoms with Crippen molar-refractivity contribution < 1.29 is 27.8 Å². The van der Waals surface area contributed by atoms with Gasteiger partial charge in [0, 0.05) is 23.8 Å². The Morgan fingerprint density at radius 3 is 2.08 bits per heavy atom. The number of alkyl halides is 3. The van der Waals surface area contributed by atoms with Crippen LogP contribution in [0.15, 0.2) is 42.5 Å². The summed E-state index contributed by atoms with van der Waals surface area (Å²) in [7, 11) is 0. The fourth-order valence-electron chi connectivity index (χ4n) is 1.90. The highest BCUT2D eigenvalue weighted by molar-refractivity contribution is 5.95. The number of non-ortho nitro benzene ring substituents is 1. The predicted molar refractivity (Wildman–Crippen MR) is 82.3 cm³/mol. The third kappa shape index (κ3) is 4.23. The number of nitrogens with one attached hydrogen (secondary N) is 2. The van der Waals surface area contributed by atoms with E-state index >= 15 is 0 Å². The minimum atomic E-state index is -4.76. The van der Waals surface area contributed by atoms with E-state index in [9.17, 15) is 38.2 Å². The summed E-state index contributed by atoms with van der Waals surface area (Å²) in [6.07, 6.45) is -4.76. The van der Waals surface area contributed by atoms with Crippen molar-refractivity contribution in [2.45, 2.75) is 6.18 Å². The average molecular weight is 370 g/mol. The molecule has 2 aromatic rings. The molecule has 0 aliphatic heterocycles. The molecule has 26 heavy (non-hydrogen) atoms. The van der Waals surface area contributed by atoms with Crippen LogP contribution in [0.25, 0.3) is 0 Å². The summed E-state index contributed by atoms with van der Waals surface area (Å²) in [5, 5.41) is 21.5. The largest absolute Gasteiger partial charge is 0.416 e. The molecule has 0 radical (unpaired) electrons. The number of halogens is 3. The lowest BCUT2D eigenvalue weighted by Gasteiger charge is -2.11. The van der Waals surface area contributed by atoms with Gasteiger partial charge in [0.05, 0.1) is 15.4 Å². The van der Waals surface area contributed by atoms with Gasteiger partial charge in [-0.05, 0) is 24.3 Å². The summed E-state index contributed by atoms with van der Waals surface area (Å²) in [6, 6.07) is 6.21. The Morgan fingerprint density at radius 2 is 1.58 bits per heavy atom. The van der Waals surface area contributed by atoms with Crippen LogP contribution in [0.1, 0.15) is 15.9 Å². The van der Waals surface area contributed by atoms with Crippen molar-refractivity contribution in [3.8, 4) is 0 Å². The number of nitrogens with zero attached hydrogens (tertiary/aromatic N) is 2. The molecule has 0 bridgehead atoms. The van der Waals surface area contributed by atoms with Crippen LogP contribution in [-0.4, -0.2) is 15.8 Å². The summed E-state index contributed by atoms with van der Waals surface area (Å²) in [5.74, 6) is -0.797. The molecule has 2 aromatic carbocycles. The predicted octanol–water partition coefficient (Wildman–Crippen LogP) is 3.28. The van der Waals surface area contributed by atoms with Crippen LogP contribution in [0.3, 0.4) is 0 Å². The van der Waals surface area contributed by atoms with Crippen molar-refractivity contribution in [1.29, 1.82) is 0 Å². The molecule has 0 saturated heterocycles. The number of carbonyl (C=O) groups excluding carboxylic acids is 1. The molecule has 2 rings (SSSR count). The number of benzene rings is 2. The fourth-order valence-corrected chi connectivity index (χ4v) is 1.90. The summed E-state index contributed by atoms with van der Waals surface area (Å²) in [5.41, 5.74) is 1.53. The Bertz CT molecular complexity index is 868. The lowest BCUT2D eigenvalue weighted by Crippen LogP contribution is -2.29. The zero-order valence-electron chi connectivity index (χ0n) is 12.6. The topological polar surface area (TPSA) is 127 Å². The SMILES string of the molecule is O=C(NNc1ccc(C(F)(F)F)cc1[N+](=O)[O-])c1ccc([N+](=O)[O-])cc1. The summed E-state index contributed by atoms with van der Waals surface area (Å²) in [6.45, 7) is 0. The number of carbonyl (C=O) groups is 1. The van der Waals surface area contributed by atoms with Crippen LogP contribution in [0, 0.1) is 20.2 Å². The minimum Gasteiger partial charge on any atom is -0.292 e. The highest BCUT2D eigenvalue weighted by Crippen LogP contribution is 2.34. The Hall–Kier alpha value is -3.70. The molecule has 1 amide bonds. The number of rotatable bonds is 5. The molecule has 0 atom stereocenters. The lowest BCUT2D eigenvalue weighted by atomic mass is 10.1. The van der Waals surface area contributed by atoms with Gasteiger partial charge in [0.2, 0.25) is 0 Å². The van der Waals surface area contributed by atoms with Crippen molar-refractivity contribution in [2.24, 2.45) is 0 Å². The van der Waals surface area contributed by atoms with Gasteiger partial charge in [-0.2, -0.15) is 13.2 Å². The van der Waals surface area contributed by atoms with Crippen LogP contribution in [0.2, 0.25) is 0 Å². The van der Waals surface area contributed by atoms with Gasteiger partial charge < -0.3 is 0 Å². The highest BCUT2D eigenvalue weighted by Gasteiger charge is 2.33. The number of hydrazine groups is 1. The summed E-state index contributed by atoms with van der Waals surface area (Å²) < 4.78 is 37.9. The Morgan fingerprint density at radius 1 is 0.962 bits per heavy atom. The van der Waals surface area contributed by atoms with Crippen LogP contribution < -0.4 is 10.9 Å². The third-order valence-electron chi connectivity index (χ3n) is 3.17. The smallest absolute Gasteiger partial charge is 0.292 e. The van der Waals surface area contributed by atoms with Gasteiger partial charge >= 0.3 is 6.18 Å². The maximum absolute atomic E-state index is 12.6. The van der Waals surface area contributed by atoms with Crippen molar-refractivity contribution in [3.05, 3.63) is 73.8 Å². The fraction of sp³-hybridized carbons (Fsp3) is 0.0714. The Kier molecular flexibility index (Phi) is 5.05. The van der Waals surface area contributed by atoms with Crippen LogP contribution in [-0.2, 0) is 6.18 Å². The first kappa shape index (κ1) is 18.6. The van der Waals surface area contributed by atoms with E-state index in [1.54, 1.807) is 0 Å². The molecule has 12 heteroatoms. The molecule has 0 heterocycles. The quantitative estimate of drug-likeness (QED) is 0.614. The first-order valence-corrected chi connectivity index (χ1v) is 6.76. The van der Waals surface area contributed by atoms with E-state index in [2.05, 4.69) is 10.9 Å². The molecule has 0 aliphatic rings. The monoisotopic (exact) mass is 370 g/mol. The molecule has 0 unspecified atom stereocenters. The van der Waals surface area contributed by atoms with Gasteiger partial charge in [0.25, 0.3) is 17.3 Å². The van der Waals surface area contributed by atoms with Gasteiger partial charge in [-0.1, -0.05) is 0 Å². The van der Waals surface area contributed by atoms with Gasteiger partial charge in [0.15, 0.2) is 0 Å². The lowest BCUT2D eigenvalue weighted by molar-refractivity contribution is -0.384. The van der Waals surface area contributed by atoms with Gasteiger partial charge in [-0.15, -0.1) is 0 Å². The number of amides is 1. The Balaban J connectivity index is 2.16. The second-order valence-corrected chi connectivity index (χ2v) is 4.87. The van der Waals surface area contributed by atoms with Crippen molar-refractivity contribution in [1.82, 2.24) is 5.43 Å². The van der Waals surface area contributed by atoms with E-state index in [4.69, 9.17) is 0 Å². The third-order valence-corrected chi connectivity index (χ3v) is 3.17. The first-order chi connectivity index (χ1) is 12.1. The number of hydrogen-bond donors (Lipinski definition) is 2.